The fourth-order valence-electron chi connectivity index (χ4n) is 2.52. The van der Waals surface area contributed by atoms with Gasteiger partial charge in [0.1, 0.15) is 5.38 Å². The zero-order chi connectivity index (χ0) is 20.7. The molecule has 2 unspecified atom stereocenters. The Labute approximate surface area is 171 Å². The Balaban J connectivity index is 2.24. The zero-order valence-corrected chi connectivity index (χ0v) is 16.4. The SMILES string of the molecule is CCOC(=O)CC(NC(=O)C(Cl)c1ccc(Cl)cc1)c1cccc([N+](=O)[O-])c1. The van der Waals surface area contributed by atoms with Crippen molar-refractivity contribution in [2.24, 2.45) is 0 Å². The highest BCUT2D eigenvalue weighted by molar-refractivity contribution is 6.31. The Bertz CT molecular complexity index is 858. The van der Waals surface area contributed by atoms with Crippen molar-refractivity contribution in [3.63, 3.8) is 0 Å². The first-order valence-electron chi connectivity index (χ1n) is 8.41. The lowest BCUT2D eigenvalue weighted by atomic mass is 10.0. The van der Waals surface area contributed by atoms with Crippen LogP contribution >= 0.6 is 23.2 Å². The van der Waals surface area contributed by atoms with Crippen molar-refractivity contribution in [1.82, 2.24) is 5.32 Å². The molecule has 2 aromatic rings. The number of non-ortho nitro benzene ring substituents is 1. The summed E-state index contributed by atoms with van der Waals surface area (Å²) >= 11 is 12.1. The maximum absolute atomic E-state index is 12.6. The third kappa shape index (κ3) is 5.94. The van der Waals surface area contributed by atoms with Gasteiger partial charge in [0.2, 0.25) is 5.91 Å². The molecule has 2 rings (SSSR count). The van der Waals surface area contributed by atoms with Crippen LogP contribution < -0.4 is 5.32 Å². The first-order valence-corrected chi connectivity index (χ1v) is 9.23. The number of hydrogen-bond acceptors (Lipinski definition) is 5. The third-order valence-electron chi connectivity index (χ3n) is 3.87. The van der Waals surface area contributed by atoms with Crippen LogP contribution in [0, 0.1) is 10.1 Å². The normalized spacial score (nSPS) is 12.7. The topological polar surface area (TPSA) is 98.5 Å². The molecule has 2 atom stereocenters. The lowest BCUT2D eigenvalue weighted by Crippen LogP contribution is -2.33. The molecule has 1 N–H and O–H groups in total. The standard InChI is InChI=1S/C19H18Cl2N2O5/c1-2-28-17(24)11-16(13-4-3-5-15(10-13)23(26)27)22-19(25)18(21)12-6-8-14(20)9-7-12/h3-10,16,18H,2,11H2,1H3,(H,22,25). The minimum Gasteiger partial charge on any atom is -0.466 e. The summed E-state index contributed by atoms with van der Waals surface area (Å²) < 4.78 is 4.94. The summed E-state index contributed by atoms with van der Waals surface area (Å²) in [7, 11) is 0. The smallest absolute Gasteiger partial charge is 0.308 e. The number of halogens is 2. The van der Waals surface area contributed by atoms with Crippen LogP contribution in [0.4, 0.5) is 5.69 Å². The zero-order valence-electron chi connectivity index (χ0n) is 14.9. The molecule has 9 heteroatoms. The number of carbonyl (C=O) groups excluding carboxylic acids is 2. The molecule has 148 valence electrons. The lowest BCUT2D eigenvalue weighted by Gasteiger charge is -2.20. The van der Waals surface area contributed by atoms with E-state index < -0.39 is 28.2 Å². The van der Waals surface area contributed by atoms with Gasteiger partial charge in [-0.1, -0.05) is 35.9 Å². The minimum atomic E-state index is -1.03. The van der Waals surface area contributed by atoms with E-state index in [4.69, 9.17) is 27.9 Å². The molecule has 0 aliphatic rings. The van der Waals surface area contributed by atoms with Gasteiger partial charge < -0.3 is 10.1 Å². The monoisotopic (exact) mass is 424 g/mol. The van der Waals surface area contributed by atoms with Gasteiger partial charge in [0.25, 0.3) is 5.69 Å². The number of nitro groups is 1. The number of amides is 1. The van der Waals surface area contributed by atoms with Gasteiger partial charge in [0, 0.05) is 17.2 Å². The molecular weight excluding hydrogens is 407 g/mol. The van der Waals surface area contributed by atoms with E-state index in [1.54, 1.807) is 37.3 Å². The van der Waals surface area contributed by atoms with E-state index in [1.807, 2.05) is 0 Å². The summed E-state index contributed by atoms with van der Waals surface area (Å²) in [4.78, 5) is 35.0. The van der Waals surface area contributed by atoms with Gasteiger partial charge in [-0.25, -0.2) is 0 Å². The Morgan fingerprint density at radius 2 is 1.86 bits per heavy atom. The van der Waals surface area contributed by atoms with E-state index in [0.717, 1.165) is 0 Å². The number of ether oxygens (including phenoxy) is 1. The number of nitrogens with one attached hydrogen (secondary N) is 1. The highest BCUT2D eigenvalue weighted by atomic mass is 35.5. The maximum Gasteiger partial charge on any atom is 0.308 e. The van der Waals surface area contributed by atoms with Gasteiger partial charge in [0.05, 0.1) is 24.0 Å². The predicted molar refractivity (Wildman–Crippen MR) is 105 cm³/mol. The molecule has 0 aliphatic heterocycles. The van der Waals surface area contributed by atoms with Crippen LogP contribution in [0.5, 0.6) is 0 Å². The number of alkyl halides is 1. The number of benzene rings is 2. The van der Waals surface area contributed by atoms with Crippen LogP contribution in [-0.4, -0.2) is 23.4 Å². The predicted octanol–water partition coefficient (Wildman–Crippen LogP) is 4.34. The molecule has 0 saturated carbocycles. The summed E-state index contributed by atoms with van der Waals surface area (Å²) in [6, 6.07) is 11.3. The van der Waals surface area contributed by atoms with Crippen LogP contribution in [0.1, 0.15) is 35.9 Å². The highest BCUT2D eigenvalue weighted by Gasteiger charge is 2.25. The average molecular weight is 425 g/mol. The fraction of sp³-hybridized carbons (Fsp3) is 0.263. The minimum absolute atomic E-state index is 0.152. The van der Waals surface area contributed by atoms with E-state index >= 15 is 0 Å². The Kier molecular flexibility index (Phi) is 7.78. The van der Waals surface area contributed by atoms with Gasteiger partial charge in [-0.3, -0.25) is 19.7 Å². The molecule has 0 radical (unpaired) electrons. The number of nitrogens with zero attached hydrogens (tertiary/aromatic N) is 1. The van der Waals surface area contributed by atoms with Gasteiger partial charge in [0.15, 0.2) is 0 Å². The van der Waals surface area contributed by atoms with Crippen LogP contribution in [0.25, 0.3) is 0 Å². The Hall–Kier alpha value is -2.64. The van der Waals surface area contributed by atoms with Crippen LogP contribution in [0.2, 0.25) is 5.02 Å². The lowest BCUT2D eigenvalue weighted by molar-refractivity contribution is -0.384. The molecule has 7 nitrogen and oxygen atoms in total. The van der Waals surface area contributed by atoms with Crippen molar-refractivity contribution in [1.29, 1.82) is 0 Å². The van der Waals surface area contributed by atoms with E-state index in [-0.39, 0.29) is 18.7 Å². The number of hydrogen-bond donors (Lipinski definition) is 1. The van der Waals surface area contributed by atoms with Crippen molar-refractivity contribution in [3.8, 4) is 0 Å². The molecule has 2 aromatic carbocycles. The number of esters is 1. The number of nitro benzene ring substituents is 1. The van der Waals surface area contributed by atoms with E-state index in [9.17, 15) is 19.7 Å². The van der Waals surface area contributed by atoms with Crippen molar-refractivity contribution in [2.75, 3.05) is 6.61 Å². The summed E-state index contributed by atoms with van der Waals surface area (Å²) in [5, 5.41) is 13.2. The highest BCUT2D eigenvalue weighted by Crippen LogP contribution is 2.26. The summed E-state index contributed by atoms with van der Waals surface area (Å²) in [6.45, 7) is 1.84. The second-order valence-corrected chi connectivity index (χ2v) is 6.71. The summed E-state index contributed by atoms with van der Waals surface area (Å²) in [5.41, 5.74) is 0.772. The molecule has 0 aliphatic carbocycles. The van der Waals surface area contributed by atoms with Crippen molar-refractivity contribution in [2.45, 2.75) is 24.8 Å². The fourth-order valence-corrected chi connectivity index (χ4v) is 2.86. The summed E-state index contributed by atoms with van der Waals surface area (Å²) in [6.07, 6.45) is -0.190. The molecular formula is C19H18Cl2N2O5. The van der Waals surface area contributed by atoms with E-state index in [2.05, 4.69) is 5.32 Å². The van der Waals surface area contributed by atoms with Gasteiger partial charge in [-0.15, -0.1) is 11.6 Å². The second-order valence-electron chi connectivity index (χ2n) is 5.84. The molecule has 0 fully saturated rings. The van der Waals surface area contributed by atoms with Crippen molar-refractivity contribution in [3.05, 3.63) is 74.8 Å². The van der Waals surface area contributed by atoms with Gasteiger partial charge in [-0.2, -0.15) is 0 Å². The number of rotatable bonds is 8. The van der Waals surface area contributed by atoms with E-state index in [1.165, 1.54) is 18.2 Å². The Morgan fingerprint density at radius 3 is 2.46 bits per heavy atom. The molecule has 0 saturated heterocycles. The number of carbonyl (C=O) groups is 2. The first-order chi connectivity index (χ1) is 13.3. The molecule has 1 amide bonds. The van der Waals surface area contributed by atoms with Crippen LogP contribution in [0.15, 0.2) is 48.5 Å². The van der Waals surface area contributed by atoms with Crippen LogP contribution in [0.3, 0.4) is 0 Å². The van der Waals surface area contributed by atoms with Crippen molar-refractivity contribution >= 4 is 40.8 Å². The average Bonchev–Trinajstić information content (AvgIpc) is 2.67. The van der Waals surface area contributed by atoms with Gasteiger partial charge >= 0.3 is 5.97 Å². The second kappa shape index (κ2) is 10.1. The quantitative estimate of drug-likeness (QED) is 0.294. The largest absolute Gasteiger partial charge is 0.466 e. The summed E-state index contributed by atoms with van der Waals surface area (Å²) in [5.74, 6) is -1.10. The molecule has 0 spiro atoms. The molecule has 0 bridgehead atoms. The molecule has 28 heavy (non-hydrogen) atoms. The van der Waals surface area contributed by atoms with Crippen LogP contribution in [-0.2, 0) is 14.3 Å². The first kappa shape index (κ1) is 21.7. The molecule has 0 aromatic heterocycles. The van der Waals surface area contributed by atoms with Crippen molar-refractivity contribution < 1.29 is 19.2 Å². The molecule has 0 heterocycles. The van der Waals surface area contributed by atoms with E-state index in [0.29, 0.717) is 16.1 Å². The third-order valence-corrected chi connectivity index (χ3v) is 4.57. The Morgan fingerprint density at radius 1 is 1.18 bits per heavy atom. The van der Waals surface area contributed by atoms with Gasteiger partial charge in [-0.05, 0) is 30.2 Å². The maximum atomic E-state index is 12.6.